The van der Waals surface area contributed by atoms with E-state index >= 15 is 0 Å². The van der Waals surface area contributed by atoms with Crippen LogP contribution in [0, 0.1) is 0 Å². The van der Waals surface area contributed by atoms with Crippen molar-refractivity contribution in [1.29, 1.82) is 0 Å². The number of rotatable bonds is 5. The first-order valence-corrected chi connectivity index (χ1v) is 4.68. The Morgan fingerprint density at radius 3 is 2.80 bits per heavy atom. The normalized spacial score (nSPS) is 10.3. The summed E-state index contributed by atoms with van der Waals surface area (Å²) in [7, 11) is 0. The number of nitrogens with zero attached hydrogens (tertiary/aromatic N) is 3. The van der Waals surface area contributed by atoms with E-state index in [9.17, 15) is 4.79 Å². The van der Waals surface area contributed by atoms with E-state index in [1.165, 1.54) is 4.90 Å². The van der Waals surface area contributed by atoms with Crippen LogP contribution in [0.1, 0.15) is 23.8 Å². The maximum atomic E-state index is 11.8. The molecule has 1 heterocycles. The van der Waals surface area contributed by atoms with Gasteiger partial charge in [0.2, 0.25) is 11.5 Å². The summed E-state index contributed by atoms with van der Waals surface area (Å²) >= 11 is 0. The van der Waals surface area contributed by atoms with Gasteiger partial charge in [-0.2, -0.15) is 0 Å². The number of carbonyl (C=O) groups is 1. The molecule has 0 unspecified atom stereocenters. The number of hydrogen-bond acceptors (Lipinski definition) is 6. The molecule has 0 atom stereocenters. The topological polar surface area (TPSA) is 105 Å². The van der Waals surface area contributed by atoms with Gasteiger partial charge in [0.1, 0.15) is 0 Å². The molecule has 0 aliphatic carbocycles. The standard InChI is InChI=1S/C8H14N4O3/c1-2-12(4-3-5-13)8(14)6-7(9)11-15-10-6/h13H,2-5H2,1H3,(H2,9,11). The Morgan fingerprint density at radius 2 is 2.33 bits per heavy atom. The number of aliphatic hydroxyl groups excluding tert-OH is 1. The molecule has 84 valence electrons. The van der Waals surface area contributed by atoms with E-state index in [4.69, 9.17) is 10.8 Å². The van der Waals surface area contributed by atoms with Crippen LogP contribution in [0.25, 0.3) is 0 Å². The van der Waals surface area contributed by atoms with Crippen LogP contribution in [0.15, 0.2) is 4.63 Å². The van der Waals surface area contributed by atoms with Gasteiger partial charge in [-0.3, -0.25) is 4.79 Å². The predicted octanol–water partition coefficient (Wildman–Crippen LogP) is -0.504. The molecule has 0 saturated heterocycles. The number of amides is 1. The Bertz CT molecular complexity index is 325. The summed E-state index contributed by atoms with van der Waals surface area (Å²) < 4.78 is 4.34. The van der Waals surface area contributed by atoms with Crippen molar-refractivity contribution in [2.24, 2.45) is 0 Å². The van der Waals surface area contributed by atoms with Crippen LogP contribution in [0.2, 0.25) is 0 Å². The SMILES string of the molecule is CCN(CCCO)C(=O)c1nonc1N. The third-order valence-corrected chi connectivity index (χ3v) is 1.97. The van der Waals surface area contributed by atoms with Crippen molar-refractivity contribution in [3.05, 3.63) is 5.69 Å². The highest BCUT2D eigenvalue weighted by Crippen LogP contribution is 2.08. The quantitative estimate of drug-likeness (QED) is 0.684. The van der Waals surface area contributed by atoms with Gasteiger partial charge in [0.15, 0.2) is 0 Å². The number of aromatic nitrogens is 2. The molecule has 1 aromatic rings. The highest BCUT2D eigenvalue weighted by atomic mass is 16.6. The molecule has 3 N–H and O–H groups in total. The zero-order valence-corrected chi connectivity index (χ0v) is 8.51. The third-order valence-electron chi connectivity index (χ3n) is 1.97. The summed E-state index contributed by atoms with van der Waals surface area (Å²) in [5, 5.41) is 15.4. The van der Waals surface area contributed by atoms with Gasteiger partial charge in [0.05, 0.1) is 0 Å². The molecule has 0 aliphatic heterocycles. The molecule has 7 nitrogen and oxygen atoms in total. The maximum absolute atomic E-state index is 11.8. The zero-order valence-electron chi connectivity index (χ0n) is 8.51. The fourth-order valence-electron chi connectivity index (χ4n) is 1.16. The van der Waals surface area contributed by atoms with Gasteiger partial charge in [0, 0.05) is 19.7 Å². The van der Waals surface area contributed by atoms with Crippen molar-refractivity contribution in [2.75, 3.05) is 25.4 Å². The van der Waals surface area contributed by atoms with Crippen molar-refractivity contribution in [3.8, 4) is 0 Å². The molecular formula is C8H14N4O3. The molecular weight excluding hydrogens is 200 g/mol. The van der Waals surface area contributed by atoms with Crippen LogP contribution in [-0.4, -0.2) is 45.9 Å². The minimum atomic E-state index is -0.329. The first kappa shape index (κ1) is 11.4. The van der Waals surface area contributed by atoms with Crippen LogP contribution in [0.5, 0.6) is 0 Å². The lowest BCUT2D eigenvalue weighted by Gasteiger charge is -2.18. The lowest BCUT2D eigenvalue weighted by Crippen LogP contribution is -2.32. The molecule has 0 fully saturated rings. The van der Waals surface area contributed by atoms with Gasteiger partial charge < -0.3 is 15.7 Å². The highest BCUT2D eigenvalue weighted by molar-refractivity contribution is 5.96. The summed E-state index contributed by atoms with van der Waals surface area (Å²) in [5.41, 5.74) is 5.42. The monoisotopic (exact) mass is 214 g/mol. The van der Waals surface area contributed by atoms with Crippen molar-refractivity contribution in [2.45, 2.75) is 13.3 Å². The molecule has 0 bridgehead atoms. The second-order valence-electron chi connectivity index (χ2n) is 2.96. The summed E-state index contributed by atoms with van der Waals surface area (Å²) in [4.78, 5) is 13.3. The largest absolute Gasteiger partial charge is 0.396 e. The number of carbonyl (C=O) groups excluding carboxylic acids is 1. The van der Waals surface area contributed by atoms with Crippen LogP contribution >= 0.6 is 0 Å². The van der Waals surface area contributed by atoms with E-state index < -0.39 is 0 Å². The van der Waals surface area contributed by atoms with E-state index in [1.807, 2.05) is 6.92 Å². The van der Waals surface area contributed by atoms with Crippen LogP contribution < -0.4 is 5.73 Å². The second-order valence-corrected chi connectivity index (χ2v) is 2.96. The average Bonchev–Trinajstić information content (AvgIpc) is 2.65. The predicted molar refractivity (Wildman–Crippen MR) is 52.0 cm³/mol. The van der Waals surface area contributed by atoms with Crippen LogP contribution in [0.4, 0.5) is 5.82 Å². The van der Waals surface area contributed by atoms with Gasteiger partial charge >= 0.3 is 0 Å². The molecule has 0 saturated carbocycles. The lowest BCUT2D eigenvalue weighted by molar-refractivity contribution is 0.0744. The average molecular weight is 214 g/mol. The van der Waals surface area contributed by atoms with Gasteiger partial charge in [0.25, 0.3) is 5.91 Å². The van der Waals surface area contributed by atoms with Gasteiger partial charge in [-0.25, -0.2) is 4.63 Å². The molecule has 1 aromatic heterocycles. The van der Waals surface area contributed by atoms with Gasteiger partial charge in [-0.15, -0.1) is 0 Å². The molecule has 0 radical (unpaired) electrons. The molecule has 7 heteroatoms. The third kappa shape index (κ3) is 2.66. The number of nitrogens with two attached hydrogens (primary N) is 1. The van der Waals surface area contributed by atoms with Gasteiger partial charge in [-0.05, 0) is 23.7 Å². The number of aliphatic hydroxyl groups is 1. The van der Waals surface area contributed by atoms with Crippen LogP contribution in [-0.2, 0) is 0 Å². The molecule has 1 rings (SSSR count). The fourth-order valence-corrected chi connectivity index (χ4v) is 1.16. The summed E-state index contributed by atoms with van der Waals surface area (Å²) in [6.45, 7) is 2.85. The van der Waals surface area contributed by atoms with E-state index in [0.29, 0.717) is 19.5 Å². The first-order valence-electron chi connectivity index (χ1n) is 4.68. The van der Waals surface area contributed by atoms with Crippen molar-refractivity contribution < 1.29 is 14.5 Å². The van der Waals surface area contributed by atoms with E-state index in [-0.39, 0.29) is 24.0 Å². The molecule has 1 amide bonds. The Hall–Kier alpha value is -1.63. The smallest absolute Gasteiger partial charge is 0.280 e. The lowest BCUT2D eigenvalue weighted by atomic mass is 10.3. The molecule has 0 aromatic carbocycles. The Labute approximate surface area is 86.8 Å². The molecule has 0 spiro atoms. The van der Waals surface area contributed by atoms with Crippen molar-refractivity contribution in [3.63, 3.8) is 0 Å². The summed E-state index contributed by atoms with van der Waals surface area (Å²) in [6, 6.07) is 0. The van der Waals surface area contributed by atoms with Gasteiger partial charge in [-0.1, -0.05) is 0 Å². The summed E-state index contributed by atoms with van der Waals surface area (Å²) in [6.07, 6.45) is 0.519. The Morgan fingerprint density at radius 1 is 1.60 bits per heavy atom. The minimum absolute atomic E-state index is 0.0116. The summed E-state index contributed by atoms with van der Waals surface area (Å²) in [5.74, 6) is -0.341. The number of hydrogen-bond donors (Lipinski definition) is 2. The second kappa shape index (κ2) is 5.30. The Kier molecular flexibility index (Phi) is 4.04. The highest BCUT2D eigenvalue weighted by Gasteiger charge is 2.21. The van der Waals surface area contributed by atoms with E-state index in [2.05, 4.69) is 14.9 Å². The number of anilines is 1. The van der Waals surface area contributed by atoms with Crippen molar-refractivity contribution >= 4 is 11.7 Å². The van der Waals surface area contributed by atoms with Crippen molar-refractivity contribution in [1.82, 2.24) is 15.2 Å². The fraction of sp³-hybridized carbons (Fsp3) is 0.625. The minimum Gasteiger partial charge on any atom is -0.396 e. The van der Waals surface area contributed by atoms with E-state index in [0.717, 1.165) is 0 Å². The maximum Gasteiger partial charge on any atom is 0.280 e. The first-order chi connectivity index (χ1) is 7.20. The Balaban J connectivity index is 2.69. The zero-order chi connectivity index (χ0) is 11.3. The molecule has 15 heavy (non-hydrogen) atoms. The van der Waals surface area contributed by atoms with Crippen LogP contribution in [0.3, 0.4) is 0 Å². The molecule has 0 aliphatic rings. The number of nitrogen functional groups attached to an aromatic ring is 1. The van der Waals surface area contributed by atoms with E-state index in [1.54, 1.807) is 0 Å².